The van der Waals surface area contributed by atoms with Crippen molar-refractivity contribution in [1.82, 2.24) is 15.1 Å². The number of hydrogen-bond acceptors (Lipinski definition) is 3. The lowest BCUT2D eigenvalue weighted by Gasteiger charge is -2.14. The molecule has 1 heterocycles. The molecule has 1 aromatic heterocycles. The first-order chi connectivity index (χ1) is 9.04. The minimum Gasteiger partial charge on any atom is -0.396 e. The molecule has 0 spiro atoms. The van der Waals surface area contributed by atoms with Crippen molar-refractivity contribution in [3.8, 4) is 0 Å². The summed E-state index contributed by atoms with van der Waals surface area (Å²) in [7, 11) is 0. The number of benzene rings is 1. The summed E-state index contributed by atoms with van der Waals surface area (Å²) in [5.74, 6) is -0.478. The molecule has 0 aliphatic rings. The van der Waals surface area contributed by atoms with E-state index in [1.807, 2.05) is 6.92 Å². The van der Waals surface area contributed by atoms with Crippen LogP contribution in [0.5, 0.6) is 0 Å². The van der Waals surface area contributed by atoms with Gasteiger partial charge in [0, 0.05) is 6.20 Å². The van der Waals surface area contributed by atoms with Crippen LogP contribution < -0.4 is 11.1 Å². The fraction of sp³-hybridized carbons (Fsp3) is 0.231. The Bertz CT molecular complexity index is 564. The lowest BCUT2D eigenvalue weighted by atomic mass is 10.1. The van der Waals surface area contributed by atoms with E-state index in [-0.39, 0.29) is 24.3 Å². The molecule has 0 bridgehead atoms. The Morgan fingerprint density at radius 2 is 2.16 bits per heavy atom. The largest absolute Gasteiger partial charge is 0.396 e. The van der Waals surface area contributed by atoms with E-state index in [0.29, 0.717) is 5.69 Å². The summed E-state index contributed by atoms with van der Waals surface area (Å²) in [5, 5.41) is 6.74. The van der Waals surface area contributed by atoms with E-state index in [4.69, 9.17) is 5.73 Å². The smallest absolute Gasteiger partial charge is 0.242 e. The Morgan fingerprint density at radius 1 is 1.47 bits per heavy atom. The minimum atomic E-state index is -0.297. The highest BCUT2D eigenvalue weighted by atomic mass is 19.1. The molecule has 2 aromatic rings. The molecule has 1 atom stereocenters. The number of nitrogens with two attached hydrogens (primary N) is 1. The molecule has 0 saturated heterocycles. The van der Waals surface area contributed by atoms with Crippen molar-refractivity contribution < 1.29 is 9.18 Å². The number of nitrogen functional groups attached to an aromatic ring is 1. The topological polar surface area (TPSA) is 72.9 Å². The van der Waals surface area contributed by atoms with Crippen molar-refractivity contribution in [3.63, 3.8) is 0 Å². The highest BCUT2D eigenvalue weighted by molar-refractivity contribution is 5.76. The quantitative estimate of drug-likeness (QED) is 0.876. The number of anilines is 1. The molecular formula is C13H15FN4O. The predicted octanol–water partition coefficient (Wildman–Crippen LogP) is 1.48. The van der Waals surface area contributed by atoms with Crippen LogP contribution in [0.1, 0.15) is 18.5 Å². The van der Waals surface area contributed by atoms with Crippen LogP contribution in [0, 0.1) is 5.82 Å². The van der Waals surface area contributed by atoms with E-state index in [1.54, 1.807) is 18.3 Å². The van der Waals surface area contributed by atoms with Gasteiger partial charge in [-0.15, -0.1) is 0 Å². The number of nitrogens with zero attached hydrogens (tertiary/aromatic N) is 2. The lowest BCUT2D eigenvalue weighted by molar-refractivity contribution is -0.122. The summed E-state index contributed by atoms with van der Waals surface area (Å²) in [6.07, 6.45) is 3.07. The third-order valence-corrected chi connectivity index (χ3v) is 2.71. The van der Waals surface area contributed by atoms with E-state index in [2.05, 4.69) is 10.4 Å². The first-order valence-electron chi connectivity index (χ1n) is 5.87. The van der Waals surface area contributed by atoms with Crippen LogP contribution in [0.3, 0.4) is 0 Å². The molecule has 5 nitrogen and oxygen atoms in total. The molecule has 3 N–H and O–H groups in total. The van der Waals surface area contributed by atoms with Crippen LogP contribution in [0.4, 0.5) is 10.1 Å². The van der Waals surface area contributed by atoms with E-state index < -0.39 is 0 Å². The normalized spacial score (nSPS) is 12.1. The minimum absolute atomic E-state index is 0.0999. The number of rotatable bonds is 4. The predicted molar refractivity (Wildman–Crippen MR) is 69.6 cm³/mol. The van der Waals surface area contributed by atoms with Gasteiger partial charge in [0.25, 0.3) is 0 Å². The van der Waals surface area contributed by atoms with Crippen molar-refractivity contribution in [2.45, 2.75) is 19.5 Å². The summed E-state index contributed by atoms with van der Waals surface area (Å²) in [4.78, 5) is 11.8. The van der Waals surface area contributed by atoms with E-state index in [9.17, 15) is 9.18 Å². The molecule has 1 amide bonds. The van der Waals surface area contributed by atoms with Gasteiger partial charge in [-0.05, 0) is 24.6 Å². The van der Waals surface area contributed by atoms with Gasteiger partial charge >= 0.3 is 0 Å². The number of amides is 1. The number of carbonyl (C=O) groups is 1. The highest BCUT2D eigenvalue weighted by Crippen LogP contribution is 2.12. The van der Waals surface area contributed by atoms with Gasteiger partial charge < -0.3 is 11.1 Å². The molecule has 0 fully saturated rings. The van der Waals surface area contributed by atoms with E-state index in [0.717, 1.165) is 5.56 Å². The van der Waals surface area contributed by atoms with Gasteiger partial charge in [-0.1, -0.05) is 12.1 Å². The SMILES string of the molecule is CC(NC(=O)Cn1cc(N)cn1)c1ccc(F)cc1. The summed E-state index contributed by atoms with van der Waals surface area (Å²) < 4.78 is 14.3. The number of hydrogen-bond donors (Lipinski definition) is 2. The zero-order valence-corrected chi connectivity index (χ0v) is 10.5. The number of carbonyl (C=O) groups excluding carboxylic acids is 1. The number of aromatic nitrogens is 2. The third kappa shape index (κ3) is 3.54. The first kappa shape index (κ1) is 13.1. The molecule has 100 valence electrons. The van der Waals surface area contributed by atoms with Gasteiger partial charge in [-0.2, -0.15) is 5.10 Å². The van der Waals surface area contributed by atoms with Gasteiger partial charge in [0.15, 0.2) is 0 Å². The second-order valence-electron chi connectivity index (χ2n) is 4.31. The maximum Gasteiger partial charge on any atom is 0.242 e. The van der Waals surface area contributed by atoms with Crippen LogP contribution in [-0.4, -0.2) is 15.7 Å². The molecule has 0 aliphatic carbocycles. The molecule has 6 heteroatoms. The molecule has 0 aliphatic heterocycles. The van der Waals surface area contributed by atoms with Gasteiger partial charge in [0.1, 0.15) is 12.4 Å². The van der Waals surface area contributed by atoms with Gasteiger partial charge in [-0.25, -0.2) is 4.39 Å². The van der Waals surface area contributed by atoms with E-state index >= 15 is 0 Å². The van der Waals surface area contributed by atoms with Crippen molar-refractivity contribution >= 4 is 11.6 Å². The fourth-order valence-corrected chi connectivity index (χ4v) is 1.74. The van der Waals surface area contributed by atoms with Crippen molar-refractivity contribution in [3.05, 3.63) is 48.0 Å². The Labute approximate surface area is 110 Å². The lowest BCUT2D eigenvalue weighted by Crippen LogP contribution is -2.30. The van der Waals surface area contributed by atoms with Crippen LogP contribution in [-0.2, 0) is 11.3 Å². The van der Waals surface area contributed by atoms with Crippen LogP contribution in [0.2, 0.25) is 0 Å². The molecule has 2 rings (SSSR count). The Kier molecular flexibility index (Phi) is 3.79. The third-order valence-electron chi connectivity index (χ3n) is 2.71. The average molecular weight is 262 g/mol. The maximum atomic E-state index is 12.8. The molecule has 19 heavy (non-hydrogen) atoms. The highest BCUT2D eigenvalue weighted by Gasteiger charge is 2.10. The maximum absolute atomic E-state index is 12.8. The summed E-state index contributed by atoms with van der Waals surface area (Å²) in [5.41, 5.74) is 6.87. The fourth-order valence-electron chi connectivity index (χ4n) is 1.74. The van der Waals surface area contributed by atoms with Crippen LogP contribution in [0.15, 0.2) is 36.7 Å². The van der Waals surface area contributed by atoms with Crippen LogP contribution >= 0.6 is 0 Å². The Morgan fingerprint density at radius 3 is 2.74 bits per heavy atom. The zero-order valence-electron chi connectivity index (χ0n) is 10.5. The van der Waals surface area contributed by atoms with Crippen molar-refractivity contribution in [1.29, 1.82) is 0 Å². The summed E-state index contributed by atoms with van der Waals surface area (Å²) in [6, 6.07) is 5.83. The van der Waals surface area contributed by atoms with E-state index in [1.165, 1.54) is 23.0 Å². The first-order valence-corrected chi connectivity index (χ1v) is 5.87. The van der Waals surface area contributed by atoms with Gasteiger partial charge in [0.05, 0.1) is 17.9 Å². The number of nitrogens with one attached hydrogen (secondary N) is 1. The van der Waals surface area contributed by atoms with Crippen molar-refractivity contribution in [2.24, 2.45) is 0 Å². The average Bonchev–Trinajstić information content (AvgIpc) is 2.75. The van der Waals surface area contributed by atoms with Gasteiger partial charge in [-0.3, -0.25) is 9.48 Å². The monoisotopic (exact) mass is 262 g/mol. The molecule has 1 aromatic carbocycles. The second kappa shape index (κ2) is 5.51. The molecule has 0 saturated carbocycles. The van der Waals surface area contributed by atoms with Crippen molar-refractivity contribution in [2.75, 3.05) is 5.73 Å². The standard InChI is InChI=1S/C13H15FN4O/c1-9(10-2-4-11(14)5-3-10)17-13(19)8-18-7-12(15)6-16-18/h2-7,9H,8,15H2,1H3,(H,17,19). The second-order valence-corrected chi connectivity index (χ2v) is 4.31. The number of halogens is 1. The van der Waals surface area contributed by atoms with Crippen LogP contribution in [0.25, 0.3) is 0 Å². The summed E-state index contributed by atoms with van der Waals surface area (Å²) in [6.45, 7) is 1.94. The Hall–Kier alpha value is -2.37. The molecular weight excluding hydrogens is 247 g/mol. The summed E-state index contributed by atoms with van der Waals surface area (Å²) >= 11 is 0. The Balaban J connectivity index is 1.93. The van der Waals surface area contributed by atoms with Gasteiger partial charge in [0.2, 0.25) is 5.91 Å². The zero-order chi connectivity index (χ0) is 13.8. The molecule has 0 radical (unpaired) electrons. The molecule has 1 unspecified atom stereocenters.